The number of aromatic nitrogens is 4. The van der Waals surface area contributed by atoms with Crippen LogP contribution in [0.3, 0.4) is 0 Å². The van der Waals surface area contributed by atoms with Crippen LogP contribution in [0.1, 0.15) is 41.6 Å². The summed E-state index contributed by atoms with van der Waals surface area (Å²) in [5.74, 6) is -1.05. The van der Waals surface area contributed by atoms with Crippen molar-refractivity contribution in [1.82, 2.24) is 24.6 Å². The van der Waals surface area contributed by atoms with Gasteiger partial charge in [0, 0.05) is 48.0 Å². The molecule has 11 heteroatoms. The molecule has 1 atom stereocenters. The van der Waals surface area contributed by atoms with E-state index in [2.05, 4.69) is 20.7 Å². The van der Waals surface area contributed by atoms with Gasteiger partial charge < -0.3 is 19.6 Å². The maximum atomic E-state index is 13.6. The van der Waals surface area contributed by atoms with Crippen LogP contribution in [0.15, 0.2) is 88.8 Å². The summed E-state index contributed by atoms with van der Waals surface area (Å²) < 4.78 is 8.59. The molecule has 2 N–H and O–H groups in total. The van der Waals surface area contributed by atoms with E-state index in [0.717, 1.165) is 34.3 Å². The molecule has 3 aromatic heterocycles. The molecule has 5 rings (SSSR count). The van der Waals surface area contributed by atoms with Crippen LogP contribution in [0.5, 0.6) is 0 Å². The summed E-state index contributed by atoms with van der Waals surface area (Å²) in [6.07, 6.45) is 6.11. The minimum absolute atomic E-state index is 0.0131. The summed E-state index contributed by atoms with van der Waals surface area (Å²) in [7, 11) is 1.88. The molecule has 0 aliphatic rings. The van der Waals surface area contributed by atoms with Crippen molar-refractivity contribution in [2.24, 2.45) is 7.05 Å². The molecule has 0 saturated heterocycles. The number of halogens is 1. The van der Waals surface area contributed by atoms with Crippen LogP contribution in [0.2, 0.25) is 5.02 Å². The van der Waals surface area contributed by atoms with Gasteiger partial charge in [-0.05, 0) is 73.4 Å². The molecular weight excluding hydrogens is 568 g/mol. The summed E-state index contributed by atoms with van der Waals surface area (Å²) in [5.41, 5.74) is 5.72. The topological polar surface area (TPSA) is 124 Å². The zero-order valence-electron chi connectivity index (χ0n) is 24.2. The van der Waals surface area contributed by atoms with Crippen LogP contribution < -0.4 is 16.2 Å². The number of anilines is 1. The van der Waals surface area contributed by atoms with Gasteiger partial charge in [-0.2, -0.15) is 5.10 Å². The second-order valence-corrected chi connectivity index (χ2v) is 10.9. The van der Waals surface area contributed by atoms with E-state index in [0.29, 0.717) is 16.3 Å². The van der Waals surface area contributed by atoms with Gasteiger partial charge in [0.1, 0.15) is 6.04 Å². The van der Waals surface area contributed by atoms with Crippen LogP contribution >= 0.6 is 11.6 Å². The number of rotatable bonds is 9. The van der Waals surface area contributed by atoms with E-state index in [1.54, 1.807) is 45.9 Å². The predicted octanol–water partition coefficient (Wildman–Crippen LogP) is 5.43. The highest BCUT2D eigenvalue weighted by Gasteiger charge is 2.25. The fourth-order valence-electron chi connectivity index (χ4n) is 4.88. The monoisotopic (exact) mass is 598 g/mol. The maximum Gasteiger partial charge on any atom is 0.289 e. The first-order chi connectivity index (χ1) is 20.6. The number of pyridine rings is 1. The molecule has 0 spiro atoms. The molecule has 43 heavy (non-hydrogen) atoms. The summed E-state index contributed by atoms with van der Waals surface area (Å²) in [4.78, 5) is 42.6. The smallest absolute Gasteiger partial charge is 0.289 e. The Morgan fingerprint density at radius 1 is 1.00 bits per heavy atom. The Morgan fingerprint density at radius 3 is 2.37 bits per heavy atom. The van der Waals surface area contributed by atoms with Crippen molar-refractivity contribution in [3.8, 4) is 22.4 Å². The molecule has 10 nitrogen and oxygen atoms in total. The van der Waals surface area contributed by atoms with Gasteiger partial charge >= 0.3 is 0 Å². The number of carbonyl (C=O) groups is 2. The van der Waals surface area contributed by atoms with Crippen LogP contribution in [0, 0.1) is 6.92 Å². The minimum atomic E-state index is -1.01. The fourth-order valence-corrected chi connectivity index (χ4v) is 5.07. The third-order valence-corrected chi connectivity index (χ3v) is 7.49. The van der Waals surface area contributed by atoms with Gasteiger partial charge in [0.2, 0.25) is 11.7 Å². The molecule has 0 bridgehead atoms. The average Bonchev–Trinajstić information content (AvgIpc) is 3.64. The normalized spacial score (nSPS) is 11.9. The van der Waals surface area contributed by atoms with Gasteiger partial charge in [0.15, 0.2) is 6.39 Å². The summed E-state index contributed by atoms with van der Waals surface area (Å²) in [6, 6.07) is 15.1. The first kappa shape index (κ1) is 29.5. The lowest BCUT2D eigenvalue weighted by Gasteiger charge is -2.20. The number of benzene rings is 2. The SMILES string of the molecule is Cc1cnn(C)c1-c1ccc(NC(=O)[C@H](Cc2cc(-c3ccc(=O)n(C(C)C)c3)ccc2Cl)NC(=O)c2cnco2)cc1. The maximum absolute atomic E-state index is 13.6. The molecule has 3 heterocycles. The summed E-state index contributed by atoms with van der Waals surface area (Å²) in [5, 5.41) is 10.4. The van der Waals surface area contributed by atoms with Gasteiger partial charge in [-0.25, -0.2) is 4.98 Å². The van der Waals surface area contributed by atoms with Gasteiger partial charge in [0.25, 0.3) is 11.5 Å². The van der Waals surface area contributed by atoms with E-state index in [1.165, 1.54) is 12.3 Å². The molecule has 0 saturated carbocycles. The summed E-state index contributed by atoms with van der Waals surface area (Å²) >= 11 is 6.59. The van der Waals surface area contributed by atoms with Crippen LogP contribution in [0.4, 0.5) is 5.69 Å². The number of aryl methyl sites for hydroxylation is 2. The molecule has 2 aromatic carbocycles. The molecule has 5 aromatic rings. The van der Waals surface area contributed by atoms with Gasteiger partial charge in [-0.3, -0.25) is 19.1 Å². The van der Waals surface area contributed by atoms with E-state index in [1.807, 2.05) is 52.1 Å². The van der Waals surface area contributed by atoms with Gasteiger partial charge in [-0.15, -0.1) is 0 Å². The minimum Gasteiger partial charge on any atom is -0.438 e. The highest BCUT2D eigenvalue weighted by Crippen LogP contribution is 2.27. The first-order valence-electron chi connectivity index (χ1n) is 13.7. The second-order valence-electron chi connectivity index (χ2n) is 10.5. The number of oxazole rings is 1. The Labute approximate surface area is 253 Å². The van der Waals surface area contributed by atoms with Crippen LogP contribution in [-0.2, 0) is 18.3 Å². The molecular formula is C32H31ClN6O4. The number of hydrogen-bond donors (Lipinski definition) is 2. The highest BCUT2D eigenvalue weighted by atomic mass is 35.5. The number of amides is 2. The Morgan fingerprint density at radius 2 is 1.72 bits per heavy atom. The molecule has 0 radical (unpaired) electrons. The predicted molar refractivity (Wildman–Crippen MR) is 165 cm³/mol. The van der Waals surface area contributed by atoms with Crippen LogP contribution in [-0.4, -0.2) is 37.2 Å². The molecule has 0 aliphatic heterocycles. The van der Waals surface area contributed by atoms with Crippen molar-refractivity contribution < 1.29 is 14.0 Å². The highest BCUT2D eigenvalue weighted by molar-refractivity contribution is 6.31. The fraction of sp³-hybridized carbons (Fsp3) is 0.219. The Hall–Kier alpha value is -4.96. The average molecular weight is 599 g/mol. The number of carbonyl (C=O) groups excluding carboxylic acids is 2. The van der Waals surface area contributed by atoms with E-state index in [4.69, 9.17) is 16.0 Å². The third kappa shape index (κ3) is 6.60. The molecule has 0 fully saturated rings. The van der Waals surface area contributed by atoms with Crippen molar-refractivity contribution in [3.63, 3.8) is 0 Å². The van der Waals surface area contributed by atoms with Crippen molar-refractivity contribution in [1.29, 1.82) is 0 Å². The largest absolute Gasteiger partial charge is 0.438 e. The quantitative estimate of drug-likeness (QED) is 0.233. The van der Waals surface area contributed by atoms with Crippen molar-refractivity contribution in [2.75, 3.05) is 5.32 Å². The lowest BCUT2D eigenvalue weighted by atomic mass is 9.99. The Kier molecular flexibility index (Phi) is 8.58. The lowest BCUT2D eigenvalue weighted by Crippen LogP contribution is -2.45. The summed E-state index contributed by atoms with van der Waals surface area (Å²) in [6.45, 7) is 5.86. The third-order valence-electron chi connectivity index (χ3n) is 7.12. The Balaban J connectivity index is 1.42. The zero-order valence-corrected chi connectivity index (χ0v) is 24.9. The lowest BCUT2D eigenvalue weighted by molar-refractivity contribution is -0.118. The molecule has 0 aliphatic carbocycles. The second kappa shape index (κ2) is 12.5. The number of nitrogens with one attached hydrogen (secondary N) is 2. The number of hydrogen-bond acceptors (Lipinski definition) is 6. The first-order valence-corrected chi connectivity index (χ1v) is 14.1. The van der Waals surface area contributed by atoms with E-state index >= 15 is 0 Å². The standard InChI is InChI=1S/C32H31ClN6O4/c1-19(2)39-17-23(8-12-29(39)40)22-7-11-26(33)24(13-22)14-27(37-32(42)28-16-34-18-43-28)31(41)36-25-9-5-21(6-10-25)30-20(3)15-35-38(30)4/h5-13,15-19,27H,14H2,1-4H3,(H,36,41)(H,37,42)/t27-/m0/s1. The molecule has 2 amide bonds. The van der Waals surface area contributed by atoms with E-state index < -0.39 is 17.9 Å². The van der Waals surface area contributed by atoms with Crippen molar-refractivity contribution in [3.05, 3.63) is 112 Å². The van der Waals surface area contributed by atoms with Crippen LogP contribution in [0.25, 0.3) is 22.4 Å². The number of nitrogens with zero attached hydrogens (tertiary/aromatic N) is 4. The molecule has 220 valence electrons. The Bertz CT molecular complexity index is 1800. The van der Waals surface area contributed by atoms with Crippen molar-refractivity contribution in [2.45, 2.75) is 39.3 Å². The zero-order chi connectivity index (χ0) is 30.7. The van der Waals surface area contributed by atoms with Gasteiger partial charge in [0.05, 0.1) is 18.1 Å². The van der Waals surface area contributed by atoms with Gasteiger partial charge in [-0.1, -0.05) is 29.8 Å². The van der Waals surface area contributed by atoms with E-state index in [9.17, 15) is 14.4 Å². The molecule has 0 unspecified atom stereocenters. The van der Waals surface area contributed by atoms with E-state index in [-0.39, 0.29) is 23.8 Å². The van der Waals surface area contributed by atoms with Crippen molar-refractivity contribution >= 4 is 29.1 Å².